The largest absolute Gasteiger partial charge is 0.377 e. The Morgan fingerprint density at radius 3 is 3.19 bits per heavy atom. The van der Waals surface area contributed by atoms with Gasteiger partial charge in [-0.25, -0.2) is 0 Å². The maximum Gasteiger partial charge on any atom is 0.162 e. The number of hydrogen-bond donors (Lipinski definition) is 1. The summed E-state index contributed by atoms with van der Waals surface area (Å²) in [4.78, 5) is 1.32. The molecule has 2 aromatic rings. The minimum Gasteiger partial charge on any atom is -0.377 e. The predicted molar refractivity (Wildman–Crippen MR) is 62.1 cm³/mol. The van der Waals surface area contributed by atoms with Crippen LogP contribution >= 0.6 is 11.3 Å². The van der Waals surface area contributed by atoms with Gasteiger partial charge in [0.15, 0.2) is 5.76 Å². The lowest BCUT2D eigenvalue weighted by atomic mass is 10.3. The van der Waals surface area contributed by atoms with Crippen LogP contribution in [0.5, 0.6) is 0 Å². The van der Waals surface area contributed by atoms with E-state index >= 15 is 0 Å². The normalized spacial score (nSPS) is 10.8. The van der Waals surface area contributed by atoms with Crippen molar-refractivity contribution < 1.29 is 9.26 Å². The van der Waals surface area contributed by atoms with Gasteiger partial charge in [0.05, 0.1) is 5.69 Å². The van der Waals surface area contributed by atoms with E-state index in [9.17, 15) is 0 Å². The van der Waals surface area contributed by atoms with Crippen molar-refractivity contribution in [2.75, 3.05) is 7.11 Å². The van der Waals surface area contributed by atoms with Gasteiger partial charge in [0, 0.05) is 31.1 Å². The van der Waals surface area contributed by atoms with Crippen molar-refractivity contribution in [3.63, 3.8) is 0 Å². The molecular formula is C11H14N2O2S. The van der Waals surface area contributed by atoms with Gasteiger partial charge >= 0.3 is 0 Å². The first-order chi connectivity index (χ1) is 7.88. The zero-order valence-corrected chi connectivity index (χ0v) is 9.92. The average molecular weight is 238 g/mol. The molecule has 2 aromatic heterocycles. The van der Waals surface area contributed by atoms with Crippen LogP contribution in [0, 0.1) is 0 Å². The lowest BCUT2D eigenvalue weighted by Crippen LogP contribution is -2.11. The first-order valence-electron chi connectivity index (χ1n) is 5.05. The fourth-order valence-corrected chi connectivity index (χ4v) is 2.05. The molecule has 0 aliphatic heterocycles. The highest BCUT2D eigenvalue weighted by atomic mass is 32.1. The number of aromatic nitrogens is 1. The summed E-state index contributed by atoms with van der Waals surface area (Å²) < 4.78 is 10.0. The molecule has 0 aliphatic rings. The highest BCUT2D eigenvalue weighted by Crippen LogP contribution is 2.08. The average Bonchev–Trinajstić information content (AvgIpc) is 2.90. The molecule has 1 N–H and O–H groups in total. The Labute approximate surface area is 98.2 Å². The van der Waals surface area contributed by atoms with Gasteiger partial charge in [0.1, 0.15) is 6.61 Å². The molecule has 0 fully saturated rings. The van der Waals surface area contributed by atoms with Gasteiger partial charge in [-0.3, -0.25) is 0 Å². The lowest BCUT2D eigenvalue weighted by Gasteiger charge is -1.98. The van der Waals surface area contributed by atoms with E-state index in [1.807, 2.05) is 6.07 Å². The number of hydrogen-bond acceptors (Lipinski definition) is 5. The van der Waals surface area contributed by atoms with Gasteiger partial charge in [-0.05, 0) is 11.4 Å². The Bertz CT molecular complexity index is 411. The predicted octanol–water partition coefficient (Wildman–Crippen LogP) is 2.17. The molecule has 0 atom stereocenters. The van der Waals surface area contributed by atoms with Gasteiger partial charge in [0.2, 0.25) is 0 Å². The summed E-state index contributed by atoms with van der Waals surface area (Å²) in [5.41, 5.74) is 0.906. The van der Waals surface area contributed by atoms with Gasteiger partial charge in [-0.2, -0.15) is 0 Å². The number of thiophene rings is 1. The molecule has 0 bridgehead atoms. The maximum absolute atomic E-state index is 5.08. The minimum absolute atomic E-state index is 0.470. The number of nitrogens with zero attached hydrogens (tertiary/aromatic N) is 1. The number of rotatable bonds is 6. The fourth-order valence-electron chi connectivity index (χ4n) is 1.38. The summed E-state index contributed by atoms with van der Waals surface area (Å²) in [6.45, 7) is 2.05. The van der Waals surface area contributed by atoms with E-state index in [4.69, 9.17) is 9.26 Å². The quantitative estimate of drug-likeness (QED) is 0.838. The SMILES string of the molecule is COCc1cc(CNCc2cccs2)no1. The van der Waals surface area contributed by atoms with Crippen LogP contribution in [0.25, 0.3) is 0 Å². The third-order valence-electron chi connectivity index (χ3n) is 2.08. The molecule has 4 nitrogen and oxygen atoms in total. The molecule has 0 unspecified atom stereocenters. The van der Waals surface area contributed by atoms with Crippen LogP contribution in [0.15, 0.2) is 28.1 Å². The van der Waals surface area contributed by atoms with E-state index in [0.717, 1.165) is 18.0 Å². The van der Waals surface area contributed by atoms with E-state index in [-0.39, 0.29) is 0 Å². The van der Waals surface area contributed by atoms with E-state index in [1.54, 1.807) is 18.4 Å². The topological polar surface area (TPSA) is 47.3 Å². The molecule has 0 amide bonds. The maximum atomic E-state index is 5.08. The summed E-state index contributed by atoms with van der Waals surface area (Å²) in [5.74, 6) is 0.760. The third-order valence-corrected chi connectivity index (χ3v) is 2.96. The second-order valence-electron chi connectivity index (χ2n) is 3.40. The molecule has 0 saturated heterocycles. The number of ether oxygens (including phenoxy) is 1. The van der Waals surface area contributed by atoms with Gasteiger partial charge in [0.25, 0.3) is 0 Å². The second kappa shape index (κ2) is 5.79. The molecule has 16 heavy (non-hydrogen) atoms. The van der Waals surface area contributed by atoms with Crippen LogP contribution in [-0.4, -0.2) is 12.3 Å². The standard InChI is InChI=1S/C11H14N2O2S/c1-14-8-10-5-9(13-15-10)6-12-7-11-3-2-4-16-11/h2-5,12H,6-8H2,1H3. The Morgan fingerprint density at radius 2 is 2.44 bits per heavy atom. The van der Waals surface area contributed by atoms with E-state index in [0.29, 0.717) is 13.2 Å². The molecule has 0 radical (unpaired) electrons. The van der Waals surface area contributed by atoms with Crippen LogP contribution in [0.2, 0.25) is 0 Å². The Morgan fingerprint density at radius 1 is 1.50 bits per heavy atom. The van der Waals surface area contributed by atoms with Gasteiger partial charge in [-0.15, -0.1) is 11.3 Å². The molecule has 86 valence electrons. The fraction of sp³-hybridized carbons (Fsp3) is 0.364. The summed E-state index contributed by atoms with van der Waals surface area (Å²) >= 11 is 1.75. The van der Waals surface area contributed by atoms with Crippen molar-refractivity contribution in [2.24, 2.45) is 0 Å². The molecule has 5 heteroatoms. The van der Waals surface area contributed by atoms with Crippen LogP contribution in [-0.2, 0) is 24.4 Å². The lowest BCUT2D eigenvalue weighted by molar-refractivity contribution is 0.155. The first kappa shape index (κ1) is 11.3. The van der Waals surface area contributed by atoms with E-state index < -0.39 is 0 Å². The number of nitrogens with one attached hydrogen (secondary N) is 1. The molecule has 0 aromatic carbocycles. The van der Waals surface area contributed by atoms with Crippen molar-refractivity contribution in [3.8, 4) is 0 Å². The zero-order valence-electron chi connectivity index (χ0n) is 9.10. The van der Waals surface area contributed by atoms with Crippen molar-refractivity contribution in [2.45, 2.75) is 19.7 Å². The molecule has 2 rings (SSSR count). The van der Waals surface area contributed by atoms with Crippen molar-refractivity contribution >= 4 is 11.3 Å². The second-order valence-corrected chi connectivity index (χ2v) is 4.43. The Kier molecular flexibility index (Phi) is 4.10. The van der Waals surface area contributed by atoms with E-state index in [1.165, 1.54) is 4.88 Å². The molecule has 0 spiro atoms. The van der Waals surface area contributed by atoms with Crippen molar-refractivity contribution in [1.29, 1.82) is 0 Å². The number of methoxy groups -OCH3 is 1. The summed E-state index contributed by atoms with van der Waals surface area (Å²) in [7, 11) is 1.64. The first-order valence-corrected chi connectivity index (χ1v) is 5.93. The monoisotopic (exact) mass is 238 g/mol. The van der Waals surface area contributed by atoms with Crippen molar-refractivity contribution in [3.05, 3.63) is 39.9 Å². The van der Waals surface area contributed by atoms with E-state index in [2.05, 4.69) is 28.0 Å². The highest BCUT2D eigenvalue weighted by molar-refractivity contribution is 7.09. The Balaban J connectivity index is 1.76. The minimum atomic E-state index is 0.470. The Hall–Kier alpha value is -1.17. The van der Waals surface area contributed by atoms with Gasteiger partial charge in [-0.1, -0.05) is 11.2 Å². The summed E-state index contributed by atoms with van der Waals surface area (Å²) in [6.07, 6.45) is 0. The van der Waals surface area contributed by atoms with Crippen LogP contribution < -0.4 is 5.32 Å². The van der Waals surface area contributed by atoms with Crippen LogP contribution in [0.1, 0.15) is 16.3 Å². The molecule has 0 aliphatic carbocycles. The van der Waals surface area contributed by atoms with Crippen LogP contribution in [0.3, 0.4) is 0 Å². The smallest absolute Gasteiger partial charge is 0.162 e. The third kappa shape index (κ3) is 3.16. The molecule has 2 heterocycles. The van der Waals surface area contributed by atoms with Crippen molar-refractivity contribution in [1.82, 2.24) is 10.5 Å². The zero-order chi connectivity index (χ0) is 11.2. The highest BCUT2D eigenvalue weighted by Gasteiger charge is 2.03. The molecular weight excluding hydrogens is 224 g/mol. The summed E-state index contributed by atoms with van der Waals surface area (Å²) in [5, 5.41) is 9.32. The summed E-state index contributed by atoms with van der Waals surface area (Å²) in [6, 6.07) is 6.07. The van der Waals surface area contributed by atoms with Crippen LogP contribution in [0.4, 0.5) is 0 Å². The van der Waals surface area contributed by atoms with Gasteiger partial charge < -0.3 is 14.6 Å². The molecule has 0 saturated carbocycles.